The van der Waals surface area contributed by atoms with Crippen LogP contribution in [0.5, 0.6) is 0 Å². The lowest BCUT2D eigenvalue weighted by Crippen LogP contribution is -2.57. The van der Waals surface area contributed by atoms with Crippen LogP contribution in [0.3, 0.4) is 0 Å². The van der Waals surface area contributed by atoms with Crippen molar-refractivity contribution < 1.29 is 29.1 Å². The first-order chi connectivity index (χ1) is 14.4. The van der Waals surface area contributed by atoms with Crippen LogP contribution in [0.4, 0.5) is 0 Å². The maximum Gasteiger partial charge on any atom is 0.326 e. The van der Waals surface area contributed by atoms with Crippen LogP contribution < -0.4 is 27.4 Å². The molecule has 4 atom stereocenters. The van der Waals surface area contributed by atoms with Crippen molar-refractivity contribution in [2.75, 3.05) is 0 Å². The number of hydrogen-bond acceptors (Lipinski definition) is 7. The van der Waals surface area contributed by atoms with Crippen LogP contribution in [-0.2, 0) is 30.4 Å². The highest BCUT2D eigenvalue weighted by Gasteiger charge is 2.31. The Labute approximate surface area is 178 Å². The number of nitrogens with two attached hydrogens (primary N) is 2. The number of rotatable bonds is 12. The minimum Gasteiger partial charge on any atom is -0.480 e. The number of carboxylic acids is 1. The molecular formula is C18H29N7O6. The molecule has 0 fully saturated rings. The fourth-order valence-corrected chi connectivity index (χ4v) is 2.59. The molecule has 0 aliphatic carbocycles. The van der Waals surface area contributed by atoms with Crippen LogP contribution in [-0.4, -0.2) is 68.8 Å². The van der Waals surface area contributed by atoms with E-state index in [-0.39, 0.29) is 6.42 Å². The zero-order chi connectivity index (χ0) is 23.7. The molecule has 1 heterocycles. The van der Waals surface area contributed by atoms with Crippen LogP contribution in [0.15, 0.2) is 12.5 Å². The Morgan fingerprint density at radius 2 is 1.71 bits per heavy atom. The zero-order valence-corrected chi connectivity index (χ0v) is 17.5. The van der Waals surface area contributed by atoms with Gasteiger partial charge in [-0.25, -0.2) is 9.78 Å². The molecule has 4 unspecified atom stereocenters. The van der Waals surface area contributed by atoms with E-state index in [1.165, 1.54) is 19.4 Å². The molecular weight excluding hydrogens is 410 g/mol. The topological polar surface area (TPSA) is 222 Å². The molecule has 1 aromatic rings. The number of amides is 4. The average molecular weight is 439 g/mol. The predicted molar refractivity (Wildman–Crippen MR) is 108 cm³/mol. The van der Waals surface area contributed by atoms with Crippen LogP contribution in [0.2, 0.25) is 0 Å². The SMILES string of the molecule is CC(NC(=O)C(N)Cc1cnc[nH]1)C(=O)NC(CC(N)=O)C(=O)NC(C(=O)O)C(C)C. The van der Waals surface area contributed by atoms with Gasteiger partial charge in [-0.15, -0.1) is 0 Å². The molecule has 0 radical (unpaired) electrons. The smallest absolute Gasteiger partial charge is 0.326 e. The third-order valence-electron chi connectivity index (χ3n) is 4.35. The van der Waals surface area contributed by atoms with Gasteiger partial charge in [-0.2, -0.15) is 0 Å². The first kappa shape index (κ1) is 25.6. The molecule has 13 nitrogen and oxygen atoms in total. The summed E-state index contributed by atoms with van der Waals surface area (Å²) in [5.41, 5.74) is 11.6. The molecule has 172 valence electrons. The zero-order valence-electron chi connectivity index (χ0n) is 17.5. The van der Waals surface area contributed by atoms with Crippen molar-refractivity contribution in [3.63, 3.8) is 0 Å². The third-order valence-corrected chi connectivity index (χ3v) is 4.35. The van der Waals surface area contributed by atoms with Crippen molar-refractivity contribution in [2.24, 2.45) is 17.4 Å². The van der Waals surface area contributed by atoms with E-state index in [0.29, 0.717) is 5.69 Å². The second kappa shape index (κ2) is 11.6. The summed E-state index contributed by atoms with van der Waals surface area (Å²) in [4.78, 5) is 66.3. The Morgan fingerprint density at radius 1 is 1.06 bits per heavy atom. The summed E-state index contributed by atoms with van der Waals surface area (Å²) < 4.78 is 0. The van der Waals surface area contributed by atoms with Crippen molar-refractivity contribution in [2.45, 2.75) is 57.8 Å². The number of nitrogens with zero attached hydrogens (tertiary/aromatic N) is 1. The van der Waals surface area contributed by atoms with Gasteiger partial charge in [-0.05, 0) is 12.8 Å². The summed E-state index contributed by atoms with van der Waals surface area (Å²) in [5, 5.41) is 16.2. The lowest BCUT2D eigenvalue weighted by atomic mass is 10.0. The molecule has 13 heteroatoms. The Morgan fingerprint density at radius 3 is 2.19 bits per heavy atom. The van der Waals surface area contributed by atoms with Crippen molar-refractivity contribution in [3.8, 4) is 0 Å². The summed E-state index contributed by atoms with van der Waals surface area (Å²) in [7, 11) is 0. The van der Waals surface area contributed by atoms with Crippen molar-refractivity contribution >= 4 is 29.6 Å². The minimum absolute atomic E-state index is 0.165. The molecule has 0 aromatic carbocycles. The monoisotopic (exact) mass is 439 g/mol. The fourth-order valence-electron chi connectivity index (χ4n) is 2.59. The highest BCUT2D eigenvalue weighted by molar-refractivity contribution is 5.96. The first-order valence-electron chi connectivity index (χ1n) is 9.57. The highest BCUT2D eigenvalue weighted by atomic mass is 16.4. The van der Waals surface area contributed by atoms with Gasteiger partial charge < -0.3 is 37.5 Å². The van der Waals surface area contributed by atoms with Gasteiger partial charge in [0.1, 0.15) is 18.1 Å². The van der Waals surface area contributed by atoms with E-state index < -0.39 is 66.1 Å². The van der Waals surface area contributed by atoms with E-state index in [9.17, 15) is 29.1 Å². The van der Waals surface area contributed by atoms with Gasteiger partial charge in [-0.3, -0.25) is 19.2 Å². The number of carboxylic acid groups (broad SMARTS) is 1. The van der Waals surface area contributed by atoms with Crippen LogP contribution >= 0.6 is 0 Å². The van der Waals surface area contributed by atoms with E-state index in [4.69, 9.17) is 11.5 Å². The number of hydrogen-bond donors (Lipinski definition) is 7. The van der Waals surface area contributed by atoms with Gasteiger partial charge in [0, 0.05) is 18.3 Å². The predicted octanol–water partition coefficient (Wildman–Crippen LogP) is -2.63. The Balaban J connectivity index is 2.74. The van der Waals surface area contributed by atoms with Crippen molar-refractivity contribution in [1.82, 2.24) is 25.9 Å². The standard InChI is InChI=1S/C18H29N7O6/c1-8(2)14(18(30)31)25-17(29)12(5-13(20)26)24-15(27)9(3)23-16(28)11(19)4-10-6-21-7-22-10/h6-9,11-12,14H,4-5,19H2,1-3H3,(H2,20,26)(H,21,22)(H,23,28)(H,24,27)(H,25,29)(H,30,31). The summed E-state index contributed by atoms with van der Waals surface area (Å²) in [6, 6.07) is -4.69. The van der Waals surface area contributed by atoms with E-state index in [1.54, 1.807) is 13.8 Å². The quantitative estimate of drug-likeness (QED) is 0.182. The Bertz CT molecular complexity index is 795. The van der Waals surface area contributed by atoms with Gasteiger partial charge in [0.25, 0.3) is 0 Å². The minimum atomic E-state index is -1.41. The number of primary amides is 1. The number of carbonyl (C=O) groups excluding carboxylic acids is 4. The van der Waals surface area contributed by atoms with Crippen molar-refractivity contribution in [3.05, 3.63) is 18.2 Å². The second-order valence-corrected chi connectivity index (χ2v) is 7.42. The van der Waals surface area contributed by atoms with Gasteiger partial charge >= 0.3 is 5.97 Å². The van der Waals surface area contributed by atoms with Gasteiger partial charge in [0.2, 0.25) is 23.6 Å². The number of aromatic nitrogens is 2. The van der Waals surface area contributed by atoms with Crippen LogP contribution in [0.1, 0.15) is 32.9 Å². The normalized spacial score (nSPS) is 14.7. The Hall–Kier alpha value is -3.48. The van der Waals surface area contributed by atoms with E-state index in [0.717, 1.165) is 0 Å². The second-order valence-electron chi connectivity index (χ2n) is 7.42. The number of aliphatic carboxylic acids is 1. The van der Waals surface area contributed by atoms with Crippen LogP contribution in [0, 0.1) is 5.92 Å². The van der Waals surface area contributed by atoms with E-state index in [2.05, 4.69) is 25.9 Å². The van der Waals surface area contributed by atoms with E-state index >= 15 is 0 Å². The third kappa shape index (κ3) is 8.42. The van der Waals surface area contributed by atoms with Crippen LogP contribution in [0.25, 0.3) is 0 Å². The van der Waals surface area contributed by atoms with Gasteiger partial charge in [0.15, 0.2) is 0 Å². The molecule has 4 amide bonds. The first-order valence-corrected chi connectivity index (χ1v) is 9.57. The lowest BCUT2D eigenvalue weighted by Gasteiger charge is -2.24. The summed E-state index contributed by atoms with van der Waals surface area (Å²) in [6.07, 6.45) is 2.56. The largest absolute Gasteiger partial charge is 0.480 e. The molecule has 0 saturated heterocycles. The molecule has 0 aliphatic heterocycles. The number of aromatic amines is 1. The van der Waals surface area contributed by atoms with E-state index in [1.807, 2.05) is 0 Å². The fraction of sp³-hybridized carbons (Fsp3) is 0.556. The molecule has 0 aliphatic rings. The number of carbonyl (C=O) groups is 5. The maximum atomic E-state index is 12.5. The molecule has 0 saturated carbocycles. The van der Waals surface area contributed by atoms with Crippen molar-refractivity contribution in [1.29, 1.82) is 0 Å². The van der Waals surface area contributed by atoms with Gasteiger partial charge in [0.05, 0.1) is 18.8 Å². The highest BCUT2D eigenvalue weighted by Crippen LogP contribution is 2.04. The maximum absolute atomic E-state index is 12.5. The summed E-state index contributed by atoms with van der Waals surface area (Å²) in [6.45, 7) is 4.54. The molecule has 0 spiro atoms. The Kier molecular flexibility index (Phi) is 9.60. The van der Waals surface area contributed by atoms with Gasteiger partial charge in [-0.1, -0.05) is 13.8 Å². The molecule has 31 heavy (non-hydrogen) atoms. The average Bonchev–Trinajstić information content (AvgIpc) is 3.17. The molecule has 1 aromatic heterocycles. The summed E-state index contributed by atoms with van der Waals surface area (Å²) >= 11 is 0. The number of nitrogens with one attached hydrogen (secondary N) is 4. The summed E-state index contributed by atoms with van der Waals surface area (Å²) in [5.74, 6) is -4.86. The number of H-pyrrole nitrogens is 1. The number of imidazole rings is 1. The lowest BCUT2D eigenvalue weighted by molar-refractivity contribution is -0.143. The molecule has 0 bridgehead atoms. The molecule has 1 rings (SSSR count). The molecule has 9 N–H and O–H groups in total.